The lowest BCUT2D eigenvalue weighted by Gasteiger charge is -2.12. The van der Waals surface area contributed by atoms with Crippen LogP contribution in [0.4, 0.5) is 22.7 Å². The normalized spacial score (nSPS) is 11.2. The average Bonchev–Trinajstić information content (AvgIpc) is 3.63. The molecule has 0 spiro atoms. The van der Waals surface area contributed by atoms with Crippen LogP contribution in [0.25, 0.3) is 22.5 Å². The Bertz CT molecular complexity index is 2170. The highest BCUT2D eigenvalue weighted by Gasteiger charge is 2.27. The third-order valence-electron chi connectivity index (χ3n) is 7.11. The van der Waals surface area contributed by atoms with E-state index in [2.05, 4.69) is 31.2 Å². The molecule has 0 fully saturated rings. The minimum atomic E-state index is -0.593. The molecule has 2 heterocycles. The molecule has 14 heteroatoms. The Morgan fingerprint density at radius 2 is 1.12 bits per heavy atom. The molecule has 0 radical (unpaired) electrons. The van der Waals surface area contributed by atoms with Crippen molar-refractivity contribution in [2.75, 3.05) is 10.6 Å². The summed E-state index contributed by atoms with van der Waals surface area (Å²) in [5, 5.41) is 23.6. The third-order valence-corrected chi connectivity index (χ3v) is 8.37. The van der Waals surface area contributed by atoms with Gasteiger partial charge in [0.05, 0.1) is 31.5 Å². The summed E-state index contributed by atoms with van der Waals surface area (Å²) in [5.41, 5.74) is 2.66. The van der Waals surface area contributed by atoms with Crippen molar-refractivity contribution in [3.63, 3.8) is 0 Å². The fraction of sp³-hybridized carbons (Fsp3) is 0.0588. The van der Waals surface area contributed by atoms with E-state index in [1.807, 2.05) is 18.2 Å². The smallest absolute Gasteiger partial charge is 0.261 e. The number of nitrogens with zero attached hydrogens (tertiary/aromatic N) is 4. The van der Waals surface area contributed by atoms with Crippen LogP contribution in [-0.2, 0) is 0 Å². The summed E-state index contributed by atoms with van der Waals surface area (Å²) in [6.07, 6.45) is 0. The molecule has 0 saturated carbocycles. The number of benzene rings is 4. The molecule has 6 aromatic rings. The van der Waals surface area contributed by atoms with Gasteiger partial charge in [-0.2, -0.15) is 5.11 Å². The van der Waals surface area contributed by atoms with Crippen molar-refractivity contribution in [1.82, 2.24) is 10.3 Å². The molecule has 2 amide bonds. The summed E-state index contributed by atoms with van der Waals surface area (Å²) < 4.78 is 10.7. The van der Waals surface area contributed by atoms with Gasteiger partial charge in [-0.1, -0.05) is 87.0 Å². The number of azo groups is 1. The van der Waals surface area contributed by atoms with Crippen LogP contribution >= 0.6 is 46.4 Å². The van der Waals surface area contributed by atoms with Gasteiger partial charge in [-0.3, -0.25) is 9.59 Å². The quantitative estimate of drug-likeness (QED) is 0.150. The summed E-state index contributed by atoms with van der Waals surface area (Å²) in [5.74, 6) is -0.677. The Morgan fingerprint density at radius 3 is 1.65 bits per heavy atom. The number of carbonyl (C=O) groups is 2. The lowest BCUT2D eigenvalue weighted by atomic mass is 10.0. The van der Waals surface area contributed by atoms with Crippen LogP contribution in [0.15, 0.2) is 104 Å². The second-order valence-corrected chi connectivity index (χ2v) is 11.9. The molecule has 6 rings (SSSR count). The molecule has 0 aliphatic rings. The van der Waals surface area contributed by atoms with Gasteiger partial charge < -0.3 is 19.7 Å². The topological polar surface area (TPSA) is 135 Å². The maximum atomic E-state index is 13.9. The second-order valence-electron chi connectivity index (χ2n) is 10.3. The highest BCUT2D eigenvalue weighted by Crippen LogP contribution is 2.39. The minimum Gasteiger partial charge on any atom is -0.360 e. The molecule has 0 bridgehead atoms. The van der Waals surface area contributed by atoms with Gasteiger partial charge in [0.2, 0.25) is 0 Å². The summed E-state index contributed by atoms with van der Waals surface area (Å²) in [6.45, 7) is 3.19. The van der Waals surface area contributed by atoms with Crippen LogP contribution in [-0.4, -0.2) is 22.1 Å². The number of anilines is 2. The van der Waals surface area contributed by atoms with Crippen molar-refractivity contribution in [1.29, 1.82) is 0 Å². The number of amides is 2. The van der Waals surface area contributed by atoms with E-state index < -0.39 is 11.8 Å². The number of aryl methyl sites for hydroxylation is 2. The summed E-state index contributed by atoms with van der Waals surface area (Å²) >= 11 is 25.7. The fourth-order valence-electron chi connectivity index (χ4n) is 4.85. The zero-order chi connectivity index (χ0) is 33.9. The molecule has 0 saturated heterocycles. The SMILES string of the molecule is Cc1onc(-c2c(Cl)cccc2Cl)c1C(=O)Nc1ccc(N=Nc2ccccc2)c(NC(=O)c2c(-c3c(Cl)cccc3Cl)noc2C)c1. The molecule has 2 N–H and O–H groups in total. The number of halogens is 4. The van der Waals surface area contributed by atoms with E-state index in [0.717, 1.165) is 0 Å². The summed E-state index contributed by atoms with van der Waals surface area (Å²) in [4.78, 5) is 27.5. The molecule has 4 aromatic carbocycles. The summed E-state index contributed by atoms with van der Waals surface area (Å²) in [7, 11) is 0. The Balaban J connectivity index is 1.37. The molecule has 0 unspecified atom stereocenters. The third kappa shape index (κ3) is 6.69. The number of hydrogen-bond acceptors (Lipinski definition) is 8. The predicted octanol–water partition coefficient (Wildman–Crippen LogP) is 11.1. The molecule has 10 nitrogen and oxygen atoms in total. The molecule has 240 valence electrons. The van der Waals surface area contributed by atoms with Crippen LogP contribution in [0.5, 0.6) is 0 Å². The van der Waals surface area contributed by atoms with Gasteiger partial charge in [0.25, 0.3) is 11.8 Å². The highest BCUT2D eigenvalue weighted by atomic mass is 35.5. The van der Waals surface area contributed by atoms with Crippen LogP contribution in [0.1, 0.15) is 32.2 Å². The Hall–Kier alpha value is -5.00. The largest absolute Gasteiger partial charge is 0.360 e. The first-order valence-electron chi connectivity index (χ1n) is 14.2. The lowest BCUT2D eigenvalue weighted by Crippen LogP contribution is -2.16. The van der Waals surface area contributed by atoms with E-state index in [1.54, 1.807) is 74.5 Å². The second kappa shape index (κ2) is 14.0. The zero-order valence-electron chi connectivity index (χ0n) is 25.0. The predicted molar refractivity (Wildman–Crippen MR) is 186 cm³/mol. The van der Waals surface area contributed by atoms with Gasteiger partial charge in [0, 0.05) is 16.8 Å². The zero-order valence-corrected chi connectivity index (χ0v) is 28.0. The van der Waals surface area contributed by atoms with Crippen LogP contribution < -0.4 is 10.6 Å². The number of carbonyl (C=O) groups excluding carboxylic acids is 2. The van der Waals surface area contributed by atoms with Crippen molar-refractivity contribution < 1.29 is 18.6 Å². The van der Waals surface area contributed by atoms with Crippen LogP contribution in [0.2, 0.25) is 20.1 Å². The maximum absolute atomic E-state index is 13.9. The maximum Gasteiger partial charge on any atom is 0.261 e. The van der Waals surface area contributed by atoms with Crippen molar-refractivity contribution in [3.8, 4) is 22.5 Å². The molecule has 2 aromatic heterocycles. The first-order valence-corrected chi connectivity index (χ1v) is 15.7. The van der Waals surface area contributed by atoms with Crippen molar-refractivity contribution in [2.24, 2.45) is 10.2 Å². The number of aromatic nitrogens is 2. The van der Waals surface area contributed by atoms with Gasteiger partial charge in [-0.25, -0.2) is 0 Å². The van der Waals surface area contributed by atoms with Gasteiger partial charge in [0.15, 0.2) is 0 Å². The van der Waals surface area contributed by atoms with Gasteiger partial charge in [0.1, 0.15) is 39.7 Å². The molecule has 0 atom stereocenters. The molecular weight excluding hydrogens is 698 g/mol. The number of rotatable bonds is 8. The van der Waals surface area contributed by atoms with E-state index in [4.69, 9.17) is 55.4 Å². The number of nitrogens with one attached hydrogen (secondary N) is 2. The van der Waals surface area contributed by atoms with Gasteiger partial charge >= 0.3 is 0 Å². The average molecular weight is 720 g/mol. The minimum absolute atomic E-state index is 0.103. The van der Waals surface area contributed by atoms with Crippen molar-refractivity contribution in [2.45, 2.75) is 13.8 Å². The summed E-state index contributed by atoms with van der Waals surface area (Å²) in [6, 6.07) is 23.7. The van der Waals surface area contributed by atoms with E-state index >= 15 is 0 Å². The van der Waals surface area contributed by atoms with Crippen molar-refractivity contribution in [3.05, 3.63) is 128 Å². The Morgan fingerprint density at radius 1 is 0.625 bits per heavy atom. The van der Waals surface area contributed by atoms with Gasteiger partial charge in [-0.05, 0) is 68.4 Å². The standard InChI is InChI=1S/C34H22Cl4N6O4/c1-17-27(31(43-47-17)29-21(35)10-6-11-22(29)36)33(45)39-20-14-15-25(42-41-19-8-4-3-5-9-19)26(16-20)40-34(46)28-18(2)48-44-32(28)30-23(37)12-7-13-24(30)38/h3-16H,1-2H3,(H,39,45)(H,40,46). The highest BCUT2D eigenvalue weighted by molar-refractivity contribution is 6.40. The Labute approximate surface area is 293 Å². The first kappa shape index (κ1) is 32.9. The van der Waals surface area contributed by atoms with Crippen molar-refractivity contribution >= 4 is 81.0 Å². The molecule has 0 aliphatic carbocycles. The number of hydrogen-bond donors (Lipinski definition) is 2. The molecular formula is C34H22Cl4N6O4. The molecule has 48 heavy (non-hydrogen) atoms. The van der Waals surface area contributed by atoms with E-state index in [9.17, 15) is 9.59 Å². The fourth-order valence-corrected chi connectivity index (χ4v) is 6.01. The monoisotopic (exact) mass is 718 g/mol. The van der Waals surface area contributed by atoms with Crippen LogP contribution in [0, 0.1) is 13.8 Å². The molecule has 0 aliphatic heterocycles. The van der Waals surface area contributed by atoms with Crippen LogP contribution in [0.3, 0.4) is 0 Å². The Kier molecular flexibility index (Phi) is 9.61. The van der Waals surface area contributed by atoms with Gasteiger partial charge in [-0.15, -0.1) is 5.11 Å². The first-order chi connectivity index (χ1) is 23.1. The van der Waals surface area contributed by atoms with E-state index in [-0.39, 0.29) is 49.8 Å². The van der Waals surface area contributed by atoms with E-state index in [1.165, 1.54) is 6.07 Å². The lowest BCUT2D eigenvalue weighted by molar-refractivity contribution is 0.101. The van der Waals surface area contributed by atoms with E-state index in [0.29, 0.717) is 38.2 Å².